The summed E-state index contributed by atoms with van der Waals surface area (Å²) in [5.74, 6) is 1.16. The van der Waals surface area contributed by atoms with Crippen molar-refractivity contribution in [2.24, 2.45) is 4.99 Å². The molecule has 20 heavy (non-hydrogen) atoms. The molecule has 1 saturated carbocycles. The molecule has 1 spiro atoms. The van der Waals surface area contributed by atoms with E-state index >= 15 is 0 Å². The summed E-state index contributed by atoms with van der Waals surface area (Å²) in [6, 6.07) is 9.87. The first-order valence-electron chi connectivity index (χ1n) is 7.24. The van der Waals surface area contributed by atoms with Gasteiger partial charge in [-0.05, 0) is 30.5 Å². The standard InChI is InChI=1S/C16H19N3S/c17-10-13-5-4-6-14(9-13)11-18-15-19-16(12-20-15)7-2-1-3-8-16/h4-6,9H,1-3,7-8,11-12H2,(H,18,19). The van der Waals surface area contributed by atoms with E-state index in [2.05, 4.69) is 16.4 Å². The molecule has 2 fully saturated rings. The van der Waals surface area contributed by atoms with Crippen molar-refractivity contribution < 1.29 is 0 Å². The largest absolute Gasteiger partial charge is 0.359 e. The number of rotatable bonds is 2. The molecule has 1 heterocycles. The van der Waals surface area contributed by atoms with Crippen LogP contribution in [0.15, 0.2) is 29.3 Å². The van der Waals surface area contributed by atoms with Crippen LogP contribution in [0, 0.1) is 11.3 Å². The predicted molar refractivity (Wildman–Crippen MR) is 83.7 cm³/mol. The molecular weight excluding hydrogens is 266 g/mol. The van der Waals surface area contributed by atoms with E-state index < -0.39 is 0 Å². The minimum absolute atomic E-state index is 0.316. The molecule has 1 saturated heterocycles. The smallest absolute Gasteiger partial charge is 0.157 e. The summed E-state index contributed by atoms with van der Waals surface area (Å²) >= 11 is 1.85. The van der Waals surface area contributed by atoms with Gasteiger partial charge in [-0.2, -0.15) is 5.26 Å². The summed E-state index contributed by atoms with van der Waals surface area (Å²) in [6.45, 7) is 0.654. The number of hydrogen-bond donors (Lipinski definition) is 1. The number of nitrogens with zero attached hydrogens (tertiary/aromatic N) is 2. The highest BCUT2D eigenvalue weighted by Gasteiger charge is 2.37. The molecule has 1 aromatic rings. The normalized spacial score (nSPS) is 22.6. The van der Waals surface area contributed by atoms with Crippen LogP contribution in [-0.4, -0.2) is 16.5 Å². The van der Waals surface area contributed by atoms with Crippen molar-refractivity contribution in [3.8, 4) is 6.07 Å². The van der Waals surface area contributed by atoms with Gasteiger partial charge in [0.2, 0.25) is 0 Å². The zero-order valence-corrected chi connectivity index (χ0v) is 12.4. The van der Waals surface area contributed by atoms with Gasteiger partial charge < -0.3 is 5.32 Å². The van der Waals surface area contributed by atoms with Crippen molar-refractivity contribution in [2.75, 3.05) is 5.75 Å². The maximum Gasteiger partial charge on any atom is 0.157 e. The first-order chi connectivity index (χ1) is 9.80. The van der Waals surface area contributed by atoms with Crippen LogP contribution < -0.4 is 5.32 Å². The predicted octanol–water partition coefficient (Wildman–Crippen LogP) is 3.45. The van der Waals surface area contributed by atoms with Crippen LogP contribution in [0.2, 0.25) is 0 Å². The Bertz CT molecular complexity index is 553. The second-order valence-corrected chi connectivity index (χ2v) is 6.65. The zero-order valence-electron chi connectivity index (χ0n) is 11.6. The molecule has 3 nitrogen and oxygen atoms in total. The molecule has 0 amide bonds. The van der Waals surface area contributed by atoms with E-state index in [4.69, 9.17) is 5.26 Å². The van der Waals surface area contributed by atoms with E-state index in [1.54, 1.807) is 0 Å². The zero-order chi connectivity index (χ0) is 13.8. The van der Waals surface area contributed by atoms with Crippen LogP contribution in [0.4, 0.5) is 0 Å². The van der Waals surface area contributed by atoms with E-state index in [0.717, 1.165) is 16.5 Å². The molecule has 0 unspecified atom stereocenters. The van der Waals surface area contributed by atoms with Crippen LogP contribution in [0.3, 0.4) is 0 Å². The Morgan fingerprint density at radius 2 is 2.15 bits per heavy atom. The highest BCUT2D eigenvalue weighted by molar-refractivity contribution is 8.14. The quantitative estimate of drug-likeness (QED) is 0.905. The lowest BCUT2D eigenvalue weighted by molar-refractivity contribution is 0.303. The number of thioether (sulfide) groups is 1. The maximum absolute atomic E-state index is 8.91. The van der Waals surface area contributed by atoms with Gasteiger partial charge in [-0.15, -0.1) is 0 Å². The molecule has 0 bridgehead atoms. The van der Waals surface area contributed by atoms with E-state index in [-0.39, 0.29) is 0 Å². The highest BCUT2D eigenvalue weighted by Crippen LogP contribution is 2.36. The lowest BCUT2D eigenvalue weighted by Gasteiger charge is -2.32. The summed E-state index contributed by atoms with van der Waals surface area (Å²) in [6.07, 6.45) is 6.61. The van der Waals surface area contributed by atoms with Crippen molar-refractivity contribution in [3.05, 3.63) is 35.4 Å². The third-order valence-electron chi connectivity index (χ3n) is 4.13. The van der Waals surface area contributed by atoms with Crippen LogP contribution in [-0.2, 0) is 6.54 Å². The molecule has 0 aromatic heterocycles. The van der Waals surface area contributed by atoms with Gasteiger partial charge in [-0.3, -0.25) is 4.99 Å². The van der Waals surface area contributed by atoms with Gasteiger partial charge in [0.15, 0.2) is 5.17 Å². The monoisotopic (exact) mass is 285 g/mol. The van der Waals surface area contributed by atoms with Crippen LogP contribution >= 0.6 is 11.8 Å². The van der Waals surface area contributed by atoms with E-state index in [9.17, 15) is 0 Å². The second kappa shape index (κ2) is 5.88. The molecular formula is C16H19N3S. The SMILES string of the molecule is N#Cc1cccc(CN=C2NC3(CCCCC3)CS2)c1. The van der Waals surface area contributed by atoms with Crippen molar-refractivity contribution >= 4 is 16.9 Å². The Balaban J connectivity index is 1.64. The summed E-state index contributed by atoms with van der Waals surface area (Å²) in [5, 5.41) is 13.6. The highest BCUT2D eigenvalue weighted by atomic mass is 32.2. The summed E-state index contributed by atoms with van der Waals surface area (Å²) < 4.78 is 0. The Morgan fingerprint density at radius 1 is 1.30 bits per heavy atom. The molecule has 0 radical (unpaired) electrons. The topological polar surface area (TPSA) is 48.2 Å². The fourth-order valence-electron chi connectivity index (χ4n) is 2.99. The summed E-state index contributed by atoms with van der Waals surface area (Å²) in [4.78, 5) is 4.68. The molecule has 3 rings (SSSR count). The number of nitriles is 1. The van der Waals surface area contributed by atoms with Crippen LogP contribution in [0.5, 0.6) is 0 Å². The fourth-order valence-corrected chi connectivity index (χ4v) is 4.21. The van der Waals surface area contributed by atoms with Gasteiger partial charge in [0, 0.05) is 11.3 Å². The van der Waals surface area contributed by atoms with Crippen LogP contribution in [0.25, 0.3) is 0 Å². The lowest BCUT2D eigenvalue weighted by atomic mass is 9.83. The maximum atomic E-state index is 8.91. The number of benzene rings is 1. The number of hydrogen-bond acceptors (Lipinski definition) is 3. The third kappa shape index (κ3) is 2.99. The minimum atomic E-state index is 0.316. The van der Waals surface area contributed by atoms with Gasteiger partial charge >= 0.3 is 0 Å². The van der Waals surface area contributed by atoms with Gasteiger partial charge in [0.25, 0.3) is 0 Å². The van der Waals surface area contributed by atoms with Gasteiger partial charge in [-0.1, -0.05) is 43.2 Å². The molecule has 1 N–H and O–H groups in total. The molecule has 4 heteroatoms. The van der Waals surface area contributed by atoms with E-state index in [1.165, 1.54) is 32.1 Å². The third-order valence-corrected chi connectivity index (χ3v) is 5.33. The van der Waals surface area contributed by atoms with Crippen molar-refractivity contribution in [1.29, 1.82) is 5.26 Å². The molecule has 104 valence electrons. The number of aliphatic imine (C=N–C) groups is 1. The van der Waals surface area contributed by atoms with Gasteiger partial charge in [-0.25, -0.2) is 0 Å². The molecule has 1 aliphatic carbocycles. The van der Waals surface area contributed by atoms with E-state index in [1.807, 2.05) is 36.0 Å². The Labute approximate surface area is 124 Å². The molecule has 1 aromatic carbocycles. The van der Waals surface area contributed by atoms with Crippen molar-refractivity contribution in [1.82, 2.24) is 5.32 Å². The molecule has 2 aliphatic rings. The minimum Gasteiger partial charge on any atom is -0.359 e. The number of nitrogens with one attached hydrogen (secondary N) is 1. The lowest BCUT2D eigenvalue weighted by Crippen LogP contribution is -2.45. The summed E-state index contributed by atoms with van der Waals surface area (Å²) in [5.41, 5.74) is 2.12. The van der Waals surface area contributed by atoms with Crippen molar-refractivity contribution in [3.63, 3.8) is 0 Å². The molecule has 0 atom stereocenters. The summed E-state index contributed by atoms with van der Waals surface area (Å²) in [7, 11) is 0. The van der Waals surface area contributed by atoms with Gasteiger partial charge in [0.05, 0.1) is 18.2 Å². The average molecular weight is 285 g/mol. The second-order valence-electron chi connectivity index (χ2n) is 5.69. The first-order valence-corrected chi connectivity index (χ1v) is 8.23. The van der Waals surface area contributed by atoms with Crippen molar-refractivity contribution in [2.45, 2.75) is 44.2 Å². The number of amidine groups is 1. The Hall–Kier alpha value is -1.47. The fraction of sp³-hybridized carbons (Fsp3) is 0.500. The average Bonchev–Trinajstić information content (AvgIpc) is 2.89. The van der Waals surface area contributed by atoms with E-state index in [0.29, 0.717) is 17.6 Å². The molecule has 1 aliphatic heterocycles. The first kappa shape index (κ1) is 13.5. The van der Waals surface area contributed by atoms with Crippen LogP contribution in [0.1, 0.15) is 43.2 Å². The Kier molecular flexibility index (Phi) is 3.98. The Morgan fingerprint density at radius 3 is 2.95 bits per heavy atom. The van der Waals surface area contributed by atoms with Gasteiger partial charge in [0.1, 0.15) is 0 Å².